The van der Waals surface area contributed by atoms with E-state index in [9.17, 15) is 14.0 Å². The van der Waals surface area contributed by atoms with Crippen LogP contribution in [0.5, 0.6) is 5.75 Å². The summed E-state index contributed by atoms with van der Waals surface area (Å²) in [6.07, 6.45) is 1.28. The normalized spacial score (nSPS) is 17.4. The zero-order valence-electron chi connectivity index (χ0n) is 20.2. The molecule has 2 aromatic carbocycles. The number of pyridine rings is 1. The number of carbonyl (C=O) groups is 1. The molecule has 0 N–H and O–H groups in total. The molecule has 0 spiro atoms. The highest BCUT2D eigenvalue weighted by molar-refractivity contribution is 7.98. The van der Waals surface area contributed by atoms with Gasteiger partial charge in [0, 0.05) is 34.9 Å². The van der Waals surface area contributed by atoms with E-state index in [4.69, 9.17) is 14.2 Å². The molecule has 3 aromatic rings. The summed E-state index contributed by atoms with van der Waals surface area (Å²) in [7, 11) is 1.17. The van der Waals surface area contributed by atoms with E-state index in [0.717, 1.165) is 22.1 Å². The van der Waals surface area contributed by atoms with E-state index in [1.54, 1.807) is 16.9 Å². The number of aromatic nitrogens is 1. The molecule has 6 rings (SSSR count). The van der Waals surface area contributed by atoms with Crippen molar-refractivity contribution in [1.29, 1.82) is 0 Å². The molecule has 1 atom stereocenters. The Morgan fingerprint density at radius 2 is 2.00 bits per heavy atom. The van der Waals surface area contributed by atoms with E-state index in [2.05, 4.69) is 4.74 Å². The first-order valence-electron chi connectivity index (χ1n) is 11.9. The van der Waals surface area contributed by atoms with Crippen LogP contribution < -0.4 is 15.2 Å². The summed E-state index contributed by atoms with van der Waals surface area (Å²) in [6, 6.07) is 11.4. The number of halogens is 2. The fraction of sp³-hybridized carbons (Fsp3) is 0.259. The van der Waals surface area contributed by atoms with Crippen LogP contribution in [0.4, 0.5) is 13.6 Å². The SMILES string of the molecule is COC(=O)OCOc1c2n(ccc1=O)N([C@@H]1c3ccccc3SCc3c1ccc(F)c3F)CC1=C2OCC1. The van der Waals surface area contributed by atoms with Crippen LogP contribution >= 0.6 is 11.8 Å². The highest BCUT2D eigenvalue weighted by Crippen LogP contribution is 2.46. The van der Waals surface area contributed by atoms with Gasteiger partial charge in [0.2, 0.25) is 12.2 Å². The molecule has 4 heterocycles. The fourth-order valence-corrected chi connectivity index (χ4v) is 6.23. The number of thioether (sulfide) groups is 1. The van der Waals surface area contributed by atoms with Crippen LogP contribution in [0, 0.1) is 11.6 Å². The van der Waals surface area contributed by atoms with Crippen LogP contribution in [-0.2, 0) is 20.0 Å². The predicted molar refractivity (Wildman–Crippen MR) is 134 cm³/mol. The Kier molecular flexibility index (Phi) is 6.22. The van der Waals surface area contributed by atoms with Crippen molar-refractivity contribution in [3.05, 3.63) is 98.5 Å². The van der Waals surface area contributed by atoms with Gasteiger partial charge in [-0.25, -0.2) is 13.6 Å². The maximum absolute atomic E-state index is 15.1. The number of nitrogens with zero attached hydrogens (tertiary/aromatic N) is 2. The molecule has 11 heteroatoms. The Balaban J connectivity index is 1.53. The van der Waals surface area contributed by atoms with E-state index < -0.39 is 36.1 Å². The van der Waals surface area contributed by atoms with Gasteiger partial charge in [0.25, 0.3) is 0 Å². The Morgan fingerprint density at radius 3 is 2.84 bits per heavy atom. The molecule has 3 aliphatic heterocycles. The molecule has 1 aromatic heterocycles. The number of ether oxygens (including phenoxy) is 4. The van der Waals surface area contributed by atoms with Gasteiger partial charge < -0.3 is 18.9 Å². The summed E-state index contributed by atoms with van der Waals surface area (Å²) in [4.78, 5) is 25.3. The van der Waals surface area contributed by atoms with E-state index in [1.165, 1.54) is 24.9 Å². The Bertz CT molecular complexity index is 1540. The lowest BCUT2D eigenvalue weighted by atomic mass is 9.93. The second kappa shape index (κ2) is 9.71. The lowest BCUT2D eigenvalue weighted by Gasteiger charge is -2.40. The average molecular weight is 541 g/mol. The van der Waals surface area contributed by atoms with Crippen LogP contribution in [0.25, 0.3) is 5.76 Å². The van der Waals surface area contributed by atoms with Gasteiger partial charge in [-0.15, -0.1) is 11.8 Å². The Morgan fingerprint density at radius 1 is 1.16 bits per heavy atom. The summed E-state index contributed by atoms with van der Waals surface area (Å²) in [5, 5.41) is 2.00. The van der Waals surface area contributed by atoms with Crippen molar-refractivity contribution < 1.29 is 32.5 Å². The molecule has 8 nitrogen and oxygen atoms in total. The van der Waals surface area contributed by atoms with Gasteiger partial charge in [-0.05, 0) is 28.8 Å². The number of fused-ring (bicyclic) bond motifs is 4. The van der Waals surface area contributed by atoms with Gasteiger partial charge in [0.05, 0.1) is 26.3 Å². The van der Waals surface area contributed by atoms with Crippen LogP contribution in [0.1, 0.15) is 34.8 Å². The molecular formula is C27H22F2N2O6S. The summed E-state index contributed by atoms with van der Waals surface area (Å²) in [5.74, 6) is -1.02. The van der Waals surface area contributed by atoms with Crippen molar-refractivity contribution in [2.75, 3.05) is 32.1 Å². The van der Waals surface area contributed by atoms with E-state index in [-0.39, 0.29) is 11.5 Å². The number of carbonyl (C=O) groups excluding carboxylic acids is 1. The van der Waals surface area contributed by atoms with Gasteiger partial charge in [0.15, 0.2) is 23.1 Å². The van der Waals surface area contributed by atoms with E-state index in [1.807, 2.05) is 29.3 Å². The predicted octanol–water partition coefficient (Wildman–Crippen LogP) is 4.72. The molecule has 38 heavy (non-hydrogen) atoms. The first-order chi connectivity index (χ1) is 18.5. The minimum absolute atomic E-state index is 0.0581. The number of methoxy groups -OCH3 is 1. The van der Waals surface area contributed by atoms with E-state index in [0.29, 0.717) is 42.2 Å². The topological polar surface area (TPSA) is 79.2 Å². The van der Waals surface area contributed by atoms with Gasteiger partial charge in [-0.3, -0.25) is 14.5 Å². The third kappa shape index (κ3) is 3.97. The molecule has 196 valence electrons. The third-order valence-electron chi connectivity index (χ3n) is 6.81. The largest absolute Gasteiger partial charge is 0.510 e. The van der Waals surface area contributed by atoms with E-state index >= 15 is 4.39 Å². The second-order valence-electron chi connectivity index (χ2n) is 8.85. The maximum atomic E-state index is 15.1. The van der Waals surface area contributed by atoms with Gasteiger partial charge in [-0.2, -0.15) is 0 Å². The van der Waals surface area contributed by atoms with Crippen LogP contribution in [-0.4, -0.2) is 37.9 Å². The van der Waals surface area contributed by atoms with Crippen molar-refractivity contribution in [3.8, 4) is 5.75 Å². The highest BCUT2D eigenvalue weighted by atomic mass is 32.2. The fourth-order valence-electron chi connectivity index (χ4n) is 5.12. The lowest BCUT2D eigenvalue weighted by molar-refractivity contribution is 0.0140. The van der Waals surface area contributed by atoms with Gasteiger partial charge in [-0.1, -0.05) is 24.3 Å². The number of benzene rings is 2. The number of rotatable bonds is 4. The average Bonchev–Trinajstić information content (AvgIpc) is 3.33. The maximum Gasteiger partial charge on any atom is 0.510 e. The molecule has 0 aliphatic carbocycles. The van der Waals surface area contributed by atoms with Crippen molar-refractivity contribution in [2.24, 2.45) is 0 Å². The number of hydrogen-bond acceptors (Lipinski definition) is 8. The summed E-state index contributed by atoms with van der Waals surface area (Å²) >= 11 is 1.45. The zero-order valence-corrected chi connectivity index (χ0v) is 21.1. The van der Waals surface area contributed by atoms with Crippen LogP contribution in [0.15, 0.2) is 63.9 Å². The standard InChI is InChI=1S/C27H22F2N2O6S/c1-34-27(33)37-14-36-26-20(32)8-10-30-24(26)25-15(9-11-35-25)12-31(30)23-16-6-7-19(28)22(29)18(16)13-38-21-5-3-2-4-17(21)23/h2-8,10,23H,9,11-14H2,1H3/t23-/m0/s1. The van der Waals surface area contributed by atoms with Crippen molar-refractivity contribution >= 4 is 23.7 Å². The molecule has 0 unspecified atom stereocenters. The molecule has 3 aliphatic rings. The minimum atomic E-state index is -0.952. The molecule has 0 fully saturated rings. The monoisotopic (exact) mass is 540 g/mol. The van der Waals surface area contributed by atoms with Gasteiger partial charge in [0.1, 0.15) is 5.76 Å². The minimum Gasteiger partial charge on any atom is -0.491 e. The first kappa shape index (κ1) is 24.4. The summed E-state index contributed by atoms with van der Waals surface area (Å²) < 4.78 is 52.1. The molecular weight excluding hydrogens is 518 g/mol. The summed E-state index contributed by atoms with van der Waals surface area (Å²) in [6.45, 7) is 0.302. The zero-order chi connectivity index (χ0) is 26.4. The van der Waals surface area contributed by atoms with Gasteiger partial charge >= 0.3 is 6.16 Å². The molecule has 0 bridgehead atoms. The molecule has 0 saturated heterocycles. The van der Waals surface area contributed by atoms with Crippen LogP contribution in [0.3, 0.4) is 0 Å². The Labute approximate surface area is 220 Å². The smallest absolute Gasteiger partial charge is 0.491 e. The summed E-state index contributed by atoms with van der Waals surface area (Å²) in [5.41, 5.74) is 2.72. The van der Waals surface area contributed by atoms with Crippen molar-refractivity contribution in [2.45, 2.75) is 23.1 Å². The highest BCUT2D eigenvalue weighted by Gasteiger charge is 2.39. The van der Waals surface area contributed by atoms with Crippen molar-refractivity contribution in [1.82, 2.24) is 4.68 Å². The first-order valence-corrected chi connectivity index (χ1v) is 12.9. The van der Waals surface area contributed by atoms with Crippen molar-refractivity contribution in [3.63, 3.8) is 0 Å². The third-order valence-corrected chi connectivity index (χ3v) is 7.92. The number of hydrogen-bond donors (Lipinski definition) is 0. The Hall–Kier alpha value is -3.99. The molecule has 0 amide bonds. The molecule has 0 radical (unpaired) electrons. The molecule has 0 saturated carbocycles. The second-order valence-corrected chi connectivity index (χ2v) is 9.87. The lowest BCUT2D eigenvalue weighted by Crippen LogP contribution is -2.45. The van der Waals surface area contributed by atoms with Crippen LogP contribution in [0.2, 0.25) is 0 Å². The quantitative estimate of drug-likeness (QED) is 0.348.